The molecule has 0 aliphatic carbocycles. The fraction of sp³-hybridized carbons (Fsp3) is 0.312. The number of methoxy groups -OCH3 is 1. The molecule has 1 heterocycles. The van der Waals surface area contributed by atoms with Crippen LogP contribution in [0.4, 0.5) is 11.5 Å². The molecule has 0 aliphatic heterocycles. The summed E-state index contributed by atoms with van der Waals surface area (Å²) in [5, 5.41) is 14.2. The number of anilines is 1. The molecular formula is C16H22N4O3+2. The van der Waals surface area contributed by atoms with Crippen LogP contribution in [0.2, 0.25) is 0 Å². The summed E-state index contributed by atoms with van der Waals surface area (Å²) in [6, 6.07) is 11.1. The van der Waals surface area contributed by atoms with Crippen LogP contribution in [-0.2, 0) is 0 Å². The molecule has 0 fully saturated rings. The van der Waals surface area contributed by atoms with E-state index in [-0.39, 0.29) is 11.7 Å². The Hall–Kier alpha value is -2.67. The summed E-state index contributed by atoms with van der Waals surface area (Å²) < 4.78 is 5.18. The molecule has 0 saturated heterocycles. The van der Waals surface area contributed by atoms with Crippen molar-refractivity contribution in [3.05, 3.63) is 58.3 Å². The topological polar surface area (TPSA) is 83.0 Å². The van der Waals surface area contributed by atoms with Crippen molar-refractivity contribution in [3.8, 4) is 5.75 Å². The number of pyridine rings is 1. The standard InChI is InChI=1S/C16H20N4O3/c1-19(2)15(12-6-8-13(23-3)9-7-12)11-18-16-14(20(21)22)5-4-10-17-16/h4-10,15H,11H2,1-3H3,(H,17,18)/p+2/t15-/m0/s1. The van der Waals surface area contributed by atoms with Gasteiger partial charge in [0.1, 0.15) is 12.3 Å². The van der Waals surface area contributed by atoms with E-state index >= 15 is 0 Å². The molecule has 23 heavy (non-hydrogen) atoms. The van der Waals surface area contributed by atoms with E-state index in [9.17, 15) is 10.1 Å². The van der Waals surface area contributed by atoms with Gasteiger partial charge in [-0.05, 0) is 30.3 Å². The second-order valence-electron chi connectivity index (χ2n) is 5.47. The smallest absolute Gasteiger partial charge is 0.357 e. The van der Waals surface area contributed by atoms with Crippen LogP contribution in [0.15, 0.2) is 42.6 Å². The van der Waals surface area contributed by atoms with Gasteiger partial charge >= 0.3 is 11.5 Å². The highest BCUT2D eigenvalue weighted by Crippen LogP contribution is 2.20. The lowest BCUT2D eigenvalue weighted by Gasteiger charge is -2.20. The molecule has 122 valence electrons. The quantitative estimate of drug-likeness (QED) is 0.582. The molecule has 1 aromatic heterocycles. The number of hydrogen-bond acceptors (Lipinski definition) is 4. The fourth-order valence-corrected chi connectivity index (χ4v) is 2.42. The van der Waals surface area contributed by atoms with Gasteiger partial charge in [-0.1, -0.05) is 0 Å². The summed E-state index contributed by atoms with van der Waals surface area (Å²) in [5.74, 6) is 1.22. The van der Waals surface area contributed by atoms with Crippen LogP contribution in [0, 0.1) is 10.1 Å². The molecule has 7 nitrogen and oxygen atoms in total. The van der Waals surface area contributed by atoms with Crippen LogP contribution >= 0.6 is 0 Å². The van der Waals surface area contributed by atoms with Gasteiger partial charge in [0.15, 0.2) is 6.04 Å². The number of aromatic nitrogens is 1. The lowest BCUT2D eigenvalue weighted by molar-refractivity contribution is -0.890. The van der Waals surface area contributed by atoms with Crippen LogP contribution in [-0.4, -0.2) is 32.7 Å². The van der Waals surface area contributed by atoms with Gasteiger partial charge in [0.2, 0.25) is 0 Å². The minimum atomic E-state index is -0.399. The first kappa shape index (κ1) is 16.7. The molecule has 3 N–H and O–H groups in total. The van der Waals surface area contributed by atoms with Crippen LogP contribution < -0.4 is 19.9 Å². The zero-order chi connectivity index (χ0) is 16.8. The molecule has 0 bridgehead atoms. The van der Waals surface area contributed by atoms with Crippen LogP contribution in [0.25, 0.3) is 0 Å². The molecular weight excluding hydrogens is 296 g/mol. The minimum absolute atomic E-state index is 0.0368. The summed E-state index contributed by atoms with van der Waals surface area (Å²) >= 11 is 0. The van der Waals surface area contributed by atoms with Crippen molar-refractivity contribution in [1.82, 2.24) is 0 Å². The van der Waals surface area contributed by atoms with E-state index in [0.29, 0.717) is 12.4 Å². The first-order valence-corrected chi connectivity index (χ1v) is 7.36. The lowest BCUT2D eigenvalue weighted by Crippen LogP contribution is -3.06. The predicted molar refractivity (Wildman–Crippen MR) is 86.7 cm³/mol. The Kier molecular flexibility index (Phi) is 5.48. The summed E-state index contributed by atoms with van der Waals surface area (Å²) in [6.07, 6.45) is 1.67. The average Bonchev–Trinajstić information content (AvgIpc) is 2.55. The maximum atomic E-state index is 11.1. The lowest BCUT2D eigenvalue weighted by atomic mass is 10.1. The van der Waals surface area contributed by atoms with Gasteiger partial charge in [0.25, 0.3) is 0 Å². The summed E-state index contributed by atoms with van der Waals surface area (Å²) in [7, 11) is 5.75. The van der Waals surface area contributed by atoms with Gasteiger partial charge in [0, 0.05) is 11.6 Å². The molecule has 1 atom stereocenters. The van der Waals surface area contributed by atoms with E-state index in [2.05, 4.69) is 24.4 Å². The molecule has 0 unspecified atom stereocenters. The number of nitrogens with zero attached hydrogens (tertiary/aromatic N) is 1. The van der Waals surface area contributed by atoms with Crippen LogP contribution in [0.5, 0.6) is 5.75 Å². The van der Waals surface area contributed by atoms with Gasteiger partial charge in [-0.3, -0.25) is 15.4 Å². The normalized spacial score (nSPS) is 12.0. The molecule has 0 spiro atoms. The van der Waals surface area contributed by atoms with E-state index < -0.39 is 4.92 Å². The van der Waals surface area contributed by atoms with Crippen LogP contribution in [0.1, 0.15) is 11.6 Å². The van der Waals surface area contributed by atoms with Crippen molar-refractivity contribution in [2.45, 2.75) is 6.04 Å². The minimum Gasteiger partial charge on any atom is -0.497 e. The number of benzene rings is 1. The number of nitrogens with one attached hydrogen (secondary N) is 3. The van der Waals surface area contributed by atoms with E-state index in [1.807, 2.05) is 24.3 Å². The maximum Gasteiger partial charge on any atom is 0.357 e. The summed E-state index contributed by atoms with van der Waals surface area (Å²) in [6.45, 7) is 0.565. The third kappa shape index (κ3) is 4.17. The number of rotatable bonds is 7. The third-order valence-corrected chi connectivity index (χ3v) is 3.73. The zero-order valence-corrected chi connectivity index (χ0v) is 13.5. The summed E-state index contributed by atoms with van der Waals surface area (Å²) in [4.78, 5) is 14.8. The number of H-pyrrole nitrogens is 1. The van der Waals surface area contributed by atoms with Gasteiger partial charge in [-0.2, -0.15) is 0 Å². The highest BCUT2D eigenvalue weighted by molar-refractivity contribution is 5.51. The Labute approximate surface area is 135 Å². The number of nitro groups is 1. The highest BCUT2D eigenvalue weighted by Gasteiger charge is 2.25. The maximum absolute atomic E-state index is 11.1. The molecule has 0 radical (unpaired) electrons. The number of quaternary nitrogens is 1. The Morgan fingerprint density at radius 3 is 2.57 bits per heavy atom. The molecule has 0 amide bonds. The highest BCUT2D eigenvalue weighted by atomic mass is 16.6. The van der Waals surface area contributed by atoms with Gasteiger partial charge in [0.05, 0.1) is 32.3 Å². The van der Waals surface area contributed by atoms with E-state index in [4.69, 9.17) is 4.74 Å². The van der Waals surface area contributed by atoms with E-state index in [0.717, 1.165) is 11.3 Å². The van der Waals surface area contributed by atoms with E-state index in [1.165, 1.54) is 11.0 Å². The van der Waals surface area contributed by atoms with E-state index in [1.54, 1.807) is 19.4 Å². The number of hydrogen-bond donors (Lipinski definition) is 2. The Morgan fingerprint density at radius 1 is 1.30 bits per heavy atom. The zero-order valence-electron chi connectivity index (χ0n) is 13.5. The third-order valence-electron chi connectivity index (χ3n) is 3.73. The number of aromatic amines is 1. The fourth-order valence-electron chi connectivity index (χ4n) is 2.42. The SMILES string of the molecule is COc1ccc([C@H](CNc2[nH+]cccc2[N+](=O)[O-])[NH+](C)C)cc1. The monoisotopic (exact) mass is 318 g/mol. The van der Waals surface area contributed by atoms with Crippen molar-refractivity contribution in [2.24, 2.45) is 0 Å². The molecule has 2 aromatic rings. The Morgan fingerprint density at radius 2 is 2.00 bits per heavy atom. The number of likely N-dealkylation sites (N-methyl/N-ethyl adjacent to an activating group) is 1. The predicted octanol–water partition coefficient (Wildman–Crippen LogP) is 0.715. The van der Waals surface area contributed by atoms with Crippen molar-refractivity contribution in [1.29, 1.82) is 0 Å². The molecule has 7 heteroatoms. The molecule has 1 aromatic carbocycles. The largest absolute Gasteiger partial charge is 0.497 e. The molecule has 0 aliphatic rings. The van der Waals surface area contributed by atoms with Crippen molar-refractivity contribution in [3.63, 3.8) is 0 Å². The average molecular weight is 318 g/mol. The van der Waals surface area contributed by atoms with Crippen molar-refractivity contribution < 1.29 is 19.5 Å². The molecule has 0 saturated carbocycles. The number of ether oxygens (including phenoxy) is 1. The van der Waals surface area contributed by atoms with Crippen molar-refractivity contribution >= 4 is 11.5 Å². The van der Waals surface area contributed by atoms with Gasteiger partial charge in [-0.25, -0.2) is 4.98 Å². The second-order valence-corrected chi connectivity index (χ2v) is 5.47. The Balaban J connectivity index is 2.16. The first-order chi connectivity index (χ1) is 11.0. The van der Waals surface area contributed by atoms with Gasteiger partial charge < -0.3 is 9.64 Å². The summed E-state index contributed by atoms with van der Waals surface area (Å²) in [5.41, 5.74) is 1.17. The Bertz CT molecular complexity index is 659. The second kappa shape index (κ2) is 7.55. The van der Waals surface area contributed by atoms with Crippen LogP contribution in [0.3, 0.4) is 0 Å². The van der Waals surface area contributed by atoms with Gasteiger partial charge in [-0.15, -0.1) is 0 Å². The first-order valence-electron chi connectivity index (χ1n) is 7.36. The van der Waals surface area contributed by atoms with Crippen molar-refractivity contribution in [2.75, 3.05) is 33.1 Å². The molecule has 2 rings (SSSR count).